The number of aliphatic hydroxyl groups is 1. The molecule has 1 aliphatic heterocycles. The van der Waals surface area contributed by atoms with Crippen molar-refractivity contribution in [3.63, 3.8) is 0 Å². The van der Waals surface area contributed by atoms with Crippen molar-refractivity contribution in [2.45, 2.75) is 18.7 Å². The fourth-order valence-electron chi connectivity index (χ4n) is 2.00. The van der Waals surface area contributed by atoms with Crippen LogP contribution >= 0.6 is 0 Å². The summed E-state index contributed by atoms with van der Waals surface area (Å²) in [6.45, 7) is 1.98. The highest BCUT2D eigenvalue weighted by Crippen LogP contribution is 2.16. The van der Waals surface area contributed by atoms with E-state index in [0.717, 1.165) is 6.54 Å². The Bertz CT molecular complexity index is 388. The first kappa shape index (κ1) is 11.0. The SMILES string of the molecule is [N-]=[N+]=N[C@@H]1CN(Cc2ccccc2)C[C@H]1O. The Kier molecular flexibility index (Phi) is 3.41. The van der Waals surface area contributed by atoms with Crippen LogP contribution in [0, 0.1) is 0 Å². The van der Waals surface area contributed by atoms with Gasteiger partial charge in [-0.25, -0.2) is 0 Å². The molecule has 1 aliphatic rings. The second-order valence-corrected chi connectivity index (χ2v) is 4.02. The largest absolute Gasteiger partial charge is 0.391 e. The first-order valence-electron chi connectivity index (χ1n) is 5.28. The Morgan fingerprint density at radius 2 is 2.12 bits per heavy atom. The summed E-state index contributed by atoms with van der Waals surface area (Å²) in [6, 6.07) is 9.75. The minimum Gasteiger partial charge on any atom is -0.391 e. The summed E-state index contributed by atoms with van der Waals surface area (Å²) in [5.41, 5.74) is 9.55. The van der Waals surface area contributed by atoms with Crippen LogP contribution in [0.3, 0.4) is 0 Å². The summed E-state index contributed by atoms with van der Waals surface area (Å²) in [6.07, 6.45) is -0.542. The van der Waals surface area contributed by atoms with Gasteiger partial charge in [0.25, 0.3) is 0 Å². The summed E-state index contributed by atoms with van der Waals surface area (Å²) in [5, 5.41) is 13.2. The summed E-state index contributed by atoms with van der Waals surface area (Å²) in [7, 11) is 0. The van der Waals surface area contributed by atoms with E-state index in [4.69, 9.17) is 5.53 Å². The van der Waals surface area contributed by atoms with Crippen LogP contribution in [0.2, 0.25) is 0 Å². The van der Waals surface area contributed by atoms with Crippen LogP contribution in [-0.4, -0.2) is 35.2 Å². The third-order valence-corrected chi connectivity index (χ3v) is 2.78. The van der Waals surface area contributed by atoms with E-state index in [1.165, 1.54) is 5.56 Å². The van der Waals surface area contributed by atoms with Crippen molar-refractivity contribution in [3.8, 4) is 0 Å². The maximum atomic E-state index is 9.66. The molecule has 1 heterocycles. The Balaban J connectivity index is 1.96. The van der Waals surface area contributed by atoms with Crippen molar-refractivity contribution in [1.82, 2.24) is 4.90 Å². The molecule has 0 aromatic heterocycles. The number of likely N-dealkylation sites (tertiary alicyclic amines) is 1. The van der Waals surface area contributed by atoms with Crippen molar-refractivity contribution in [2.75, 3.05) is 13.1 Å². The third-order valence-electron chi connectivity index (χ3n) is 2.78. The average molecular weight is 218 g/mol. The van der Waals surface area contributed by atoms with E-state index >= 15 is 0 Å². The predicted octanol–water partition coefficient (Wildman–Crippen LogP) is 1.54. The second-order valence-electron chi connectivity index (χ2n) is 4.02. The van der Waals surface area contributed by atoms with Crippen LogP contribution in [0.15, 0.2) is 35.4 Å². The number of β-amino-alcohol motifs (C(OH)–C–C–N with tert-alkyl or cyclic N) is 1. The van der Waals surface area contributed by atoms with Crippen molar-refractivity contribution in [1.29, 1.82) is 0 Å². The van der Waals surface area contributed by atoms with E-state index in [1.54, 1.807) is 0 Å². The first-order chi connectivity index (χ1) is 7.79. The van der Waals surface area contributed by atoms with Gasteiger partial charge in [-0.15, -0.1) is 0 Å². The van der Waals surface area contributed by atoms with Gasteiger partial charge < -0.3 is 5.11 Å². The van der Waals surface area contributed by atoms with Crippen LogP contribution in [0.5, 0.6) is 0 Å². The lowest BCUT2D eigenvalue weighted by Crippen LogP contribution is -2.21. The molecule has 16 heavy (non-hydrogen) atoms. The number of azide groups is 1. The molecular weight excluding hydrogens is 204 g/mol. The van der Waals surface area contributed by atoms with Crippen molar-refractivity contribution >= 4 is 0 Å². The number of nitrogens with zero attached hydrogens (tertiary/aromatic N) is 4. The number of benzene rings is 1. The zero-order chi connectivity index (χ0) is 11.4. The molecule has 5 heteroatoms. The molecule has 1 aromatic rings. The van der Waals surface area contributed by atoms with Crippen molar-refractivity contribution in [3.05, 3.63) is 46.3 Å². The van der Waals surface area contributed by atoms with Gasteiger partial charge in [0.2, 0.25) is 0 Å². The van der Waals surface area contributed by atoms with Crippen LogP contribution < -0.4 is 0 Å². The molecule has 1 fully saturated rings. The molecule has 2 rings (SSSR count). The van der Waals surface area contributed by atoms with Crippen molar-refractivity contribution in [2.24, 2.45) is 5.11 Å². The van der Waals surface area contributed by atoms with Gasteiger partial charge in [0.05, 0.1) is 12.1 Å². The van der Waals surface area contributed by atoms with E-state index in [1.807, 2.05) is 30.3 Å². The van der Waals surface area contributed by atoms with Gasteiger partial charge in [0, 0.05) is 24.5 Å². The topological polar surface area (TPSA) is 72.2 Å². The van der Waals surface area contributed by atoms with E-state index < -0.39 is 6.10 Å². The van der Waals surface area contributed by atoms with Gasteiger partial charge in [-0.1, -0.05) is 35.4 Å². The van der Waals surface area contributed by atoms with Gasteiger partial charge in [-0.3, -0.25) is 4.90 Å². The smallest absolute Gasteiger partial charge is 0.0773 e. The Morgan fingerprint density at radius 3 is 2.81 bits per heavy atom. The fourth-order valence-corrected chi connectivity index (χ4v) is 2.00. The molecule has 0 amide bonds. The lowest BCUT2D eigenvalue weighted by atomic mass is 10.2. The minimum atomic E-state index is -0.542. The fraction of sp³-hybridized carbons (Fsp3) is 0.455. The van der Waals surface area contributed by atoms with Gasteiger partial charge >= 0.3 is 0 Å². The highest BCUT2D eigenvalue weighted by Gasteiger charge is 2.30. The number of hydrogen-bond acceptors (Lipinski definition) is 3. The molecule has 0 radical (unpaired) electrons. The molecule has 0 spiro atoms. The zero-order valence-corrected chi connectivity index (χ0v) is 8.90. The summed E-state index contributed by atoms with van der Waals surface area (Å²) in [5.74, 6) is 0. The average Bonchev–Trinajstić information content (AvgIpc) is 2.61. The molecule has 1 saturated heterocycles. The summed E-state index contributed by atoms with van der Waals surface area (Å²) >= 11 is 0. The zero-order valence-electron chi connectivity index (χ0n) is 8.90. The second kappa shape index (κ2) is 4.99. The molecule has 84 valence electrons. The number of aliphatic hydroxyl groups excluding tert-OH is 1. The Labute approximate surface area is 93.9 Å². The molecule has 1 aromatic carbocycles. The monoisotopic (exact) mass is 218 g/mol. The molecule has 5 nitrogen and oxygen atoms in total. The number of rotatable bonds is 3. The van der Waals surface area contributed by atoms with Gasteiger partial charge in [0.15, 0.2) is 0 Å². The van der Waals surface area contributed by atoms with E-state index in [0.29, 0.717) is 13.1 Å². The van der Waals surface area contributed by atoms with E-state index in [9.17, 15) is 5.11 Å². The van der Waals surface area contributed by atoms with Gasteiger partial charge in [0.1, 0.15) is 0 Å². The summed E-state index contributed by atoms with van der Waals surface area (Å²) < 4.78 is 0. The molecular formula is C11H14N4O. The quantitative estimate of drug-likeness (QED) is 0.475. The molecule has 0 aliphatic carbocycles. The maximum Gasteiger partial charge on any atom is 0.0773 e. The third kappa shape index (κ3) is 2.52. The van der Waals surface area contributed by atoms with Crippen LogP contribution in [0.25, 0.3) is 10.4 Å². The predicted molar refractivity (Wildman–Crippen MR) is 60.7 cm³/mol. The molecule has 0 bridgehead atoms. The lowest BCUT2D eigenvalue weighted by Gasteiger charge is -2.14. The van der Waals surface area contributed by atoms with E-state index in [-0.39, 0.29) is 6.04 Å². The Hall–Kier alpha value is -1.55. The molecule has 0 unspecified atom stereocenters. The number of hydrogen-bond donors (Lipinski definition) is 1. The summed E-state index contributed by atoms with van der Waals surface area (Å²) in [4.78, 5) is 4.84. The highest BCUT2D eigenvalue weighted by molar-refractivity contribution is 5.14. The van der Waals surface area contributed by atoms with Crippen LogP contribution in [0.1, 0.15) is 5.56 Å². The molecule has 1 N–H and O–H groups in total. The first-order valence-corrected chi connectivity index (χ1v) is 5.28. The standard InChI is InChI=1S/C11H14N4O/c12-14-13-10-7-15(8-11(10)16)6-9-4-2-1-3-5-9/h1-5,10-11,16H,6-8H2/t10-,11-/m1/s1. The van der Waals surface area contributed by atoms with Gasteiger partial charge in [-0.2, -0.15) is 0 Å². The normalized spacial score (nSPS) is 25.3. The van der Waals surface area contributed by atoms with Crippen molar-refractivity contribution < 1.29 is 5.11 Å². The van der Waals surface area contributed by atoms with Crippen LogP contribution in [0.4, 0.5) is 0 Å². The molecule has 2 atom stereocenters. The van der Waals surface area contributed by atoms with E-state index in [2.05, 4.69) is 14.9 Å². The minimum absolute atomic E-state index is 0.311. The maximum absolute atomic E-state index is 9.66. The highest BCUT2D eigenvalue weighted by atomic mass is 16.3. The Morgan fingerprint density at radius 1 is 1.38 bits per heavy atom. The lowest BCUT2D eigenvalue weighted by molar-refractivity contribution is 0.164. The van der Waals surface area contributed by atoms with Gasteiger partial charge in [-0.05, 0) is 11.1 Å². The molecule has 0 saturated carbocycles. The van der Waals surface area contributed by atoms with Crippen LogP contribution in [-0.2, 0) is 6.54 Å².